The predicted octanol–water partition coefficient (Wildman–Crippen LogP) is 1.30. The van der Waals surface area contributed by atoms with Gasteiger partial charge in [-0.3, -0.25) is 19.7 Å². The molecule has 0 aromatic heterocycles. The summed E-state index contributed by atoms with van der Waals surface area (Å²) in [7, 11) is 0. The summed E-state index contributed by atoms with van der Waals surface area (Å²) in [4.78, 5) is 41.3. The van der Waals surface area contributed by atoms with Gasteiger partial charge in [0.05, 0.1) is 23.6 Å². The van der Waals surface area contributed by atoms with E-state index in [1.807, 2.05) is 19.1 Å². The quantitative estimate of drug-likeness (QED) is 0.671. The second-order valence-electron chi connectivity index (χ2n) is 8.07. The average Bonchev–Trinajstić information content (AvgIpc) is 3.28. The molecule has 2 aromatic carbocycles. The van der Waals surface area contributed by atoms with Crippen LogP contribution in [0.5, 0.6) is 0 Å². The molecule has 1 spiro atoms. The summed E-state index contributed by atoms with van der Waals surface area (Å²) in [6.45, 7) is 3.49. The zero-order valence-corrected chi connectivity index (χ0v) is 16.0. The van der Waals surface area contributed by atoms with Crippen molar-refractivity contribution in [1.29, 1.82) is 0 Å². The van der Waals surface area contributed by atoms with Gasteiger partial charge in [0, 0.05) is 17.3 Å². The third-order valence-electron chi connectivity index (χ3n) is 6.37. The number of carbonyl (C=O) groups excluding carboxylic acids is 3. The van der Waals surface area contributed by atoms with Crippen molar-refractivity contribution in [1.82, 2.24) is 5.32 Å². The molecule has 3 aliphatic heterocycles. The van der Waals surface area contributed by atoms with Crippen LogP contribution in [0.3, 0.4) is 0 Å². The molecule has 2 fully saturated rings. The number of carbonyl (C=O) groups is 3. The van der Waals surface area contributed by atoms with Crippen LogP contribution in [0.25, 0.3) is 0 Å². The molecule has 2 aromatic rings. The molecule has 7 heteroatoms. The monoisotopic (exact) mass is 391 g/mol. The van der Waals surface area contributed by atoms with Crippen LogP contribution in [0.1, 0.15) is 18.1 Å². The van der Waals surface area contributed by atoms with Crippen molar-refractivity contribution in [2.75, 3.05) is 10.2 Å². The van der Waals surface area contributed by atoms with E-state index in [9.17, 15) is 19.5 Å². The fraction of sp³-hybridized carbons (Fsp3) is 0.318. The van der Waals surface area contributed by atoms with Crippen LogP contribution in [0.15, 0.2) is 48.5 Å². The lowest BCUT2D eigenvalue weighted by molar-refractivity contribution is -0.130. The number of amides is 3. The molecule has 7 nitrogen and oxygen atoms in total. The Balaban J connectivity index is 1.68. The van der Waals surface area contributed by atoms with E-state index < -0.39 is 41.3 Å². The third kappa shape index (κ3) is 2.22. The molecule has 29 heavy (non-hydrogen) atoms. The van der Waals surface area contributed by atoms with Crippen LogP contribution in [0.2, 0.25) is 0 Å². The van der Waals surface area contributed by atoms with Crippen molar-refractivity contribution in [3.63, 3.8) is 0 Å². The molecular weight excluding hydrogens is 370 g/mol. The van der Waals surface area contributed by atoms with Crippen molar-refractivity contribution in [3.05, 3.63) is 59.7 Å². The number of para-hydroxylation sites is 1. The molecule has 5 atom stereocenters. The molecular formula is C22H21N3O4. The van der Waals surface area contributed by atoms with Gasteiger partial charge in [0.1, 0.15) is 5.54 Å². The van der Waals surface area contributed by atoms with Crippen molar-refractivity contribution in [2.45, 2.75) is 31.5 Å². The van der Waals surface area contributed by atoms with Gasteiger partial charge in [-0.05, 0) is 32.0 Å². The lowest BCUT2D eigenvalue weighted by Gasteiger charge is -2.30. The zero-order valence-electron chi connectivity index (χ0n) is 16.0. The number of rotatable bonds is 2. The highest BCUT2D eigenvalue weighted by atomic mass is 16.3. The van der Waals surface area contributed by atoms with E-state index in [0.717, 1.165) is 5.56 Å². The maximum absolute atomic E-state index is 13.6. The summed E-state index contributed by atoms with van der Waals surface area (Å²) < 4.78 is 0. The van der Waals surface area contributed by atoms with Crippen molar-refractivity contribution in [3.8, 4) is 0 Å². The Morgan fingerprint density at radius 1 is 1.03 bits per heavy atom. The first-order valence-corrected chi connectivity index (χ1v) is 9.67. The molecule has 3 heterocycles. The normalized spacial score (nSPS) is 31.2. The standard InChI is InChI=1S/C22H21N3O4/c1-11-7-9-13(10-8-11)25-19(27)16-17(20(25)28)22(24-18(16)12(2)26)14-5-3-4-6-15(14)23-21(22)29/h3-10,12,16-18,24,26H,1-2H3,(H,23,29)/t12-,16+,17+,18-,22+/m1/s1. The van der Waals surface area contributed by atoms with E-state index in [0.29, 0.717) is 16.9 Å². The number of anilines is 2. The smallest absolute Gasteiger partial charge is 0.250 e. The Bertz CT molecular complexity index is 1050. The lowest BCUT2D eigenvalue weighted by Crippen LogP contribution is -2.54. The Morgan fingerprint density at radius 3 is 2.41 bits per heavy atom. The van der Waals surface area contributed by atoms with Crippen molar-refractivity contribution >= 4 is 29.1 Å². The number of hydrogen-bond donors (Lipinski definition) is 3. The van der Waals surface area contributed by atoms with Crippen LogP contribution in [-0.4, -0.2) is 35.0 Å². The SMILES string of the molecule is Cc1ccc(N2C(=O)[C@@H]3[C@@H]([C@@H](C)O)N[C@]4(C(=O)Nc5ccccc54)[C@@H]3C2=O)cc1. The Hall–Kier alpha value is -3.03. The number of nitrogens with zero attached hydrogens (tertiary/aromatic N) is 1. The number of hydrogen-bond acceptors (Lipinski definition) is 5. The van der Waals surface area contributed by atoms with Gasteiger partial charge in [-0.15, -0.1) is 0 Å². The minimum Gasteiger partial charge on any atom is -0.392 e. The summed E-state index contributed by atoms with van der Waals surface area (Å²) in [5.41, 5.74) is 1.36. The molecule has 0 unspecified atom stereocenters. The highest BCUT2D eigenvalue weighted by Gasteiger charge is 2.71. The van der Waals surface area contributed by atoms with Crippen LogP contribution in [0.4, 0.5) is 11.4 Å². The van der Waals surface area contributed by atoms with Crippen molar-refractivity contribution in [2.24, 2.45) is 11.8 Å². The highest BCUT2D eigenvalue weighted by Crippen LogP contribution is 2.53. The van der Waals surface area contributed by atoms with Crippen LogP contribution in [0, 0.1) is 18.8 Å². The molecule has 0 bridgehead atoms. The van der Waals surface area contributed by atoms with E-state index in [-0.39, 0.29) is 5.91 Å². The van der Waals surface area contributed by atoms with E-state index in [4.69, 9.17) is 0 Å². The third-order valence-corrected chi connectivity index (χ3v) is 6.37. The van der Waals surface area contributed by atoms with Crippen LogP contribution in [-0.2, 0) is 19.9 Å². The van der Waals surface area contributed by atoms with Gasteiger partial charge in [0.25, 0.3) is 0 Å². The fourth-order valence-corrected chi connectivity index (χ4v) is 5.05. The highest BCUT2D eigenvalue weighted by molar-refractivity contribution is 6.25. The fourth-order valence-electron chi connectivity index (χ4n) is 5.05. The summed E-state index contributed by atoms with van der Waals surface area (Å²) in [5.74, 6) is -2.95. The number of aliphatic hydroxyl groups is 1. The Kier molecular flexibility index (Phi) is 3.72. The number of fused-ring (bicyclic) bond motifs is 4. The van der Waals surface area contributed by atoms with Crippen LogP contribution < -0.4 is 15.5 Å². The number of benzene rings is 2. The Labute approximate surface area is 167 Å². The summed E-state index contributed by atoms with van der Waals surface area (Å²) in [6.07, 6.45) is -0.919. The lowest BCUT2D eigenvalue weighted by atomic mass is 9.76. The minimum absolute atomic E-state index is 0.372. The number of imide groups is 1. The average molecular weight is 391 g/mol. The predicted molar refractivity (Wildman–Crippen MR) is 106 cm³/mol. The van der Waals surface area contributed by atoms with Gasteiger partial charge in [-0.1, -0.05) is 35.9 Å². The van der Waals surface area contributed by atoms with E-state index in [1.54, 1.807) is 43.3 Å². The van der Waals surface area contributed by atoms with E-state index >= 15 is 0 Å². The molecule has 0 radical (unpaired) electrons. The number of nitrogens with one attached hydrogen (secondary N) is 2. The molecule has 0 saturated carbocycles. The second kappa shape index (κ2) is 5.98. The van der Waals surface area contributed by atoms with Gasteiger partial charge in [0.2, 0.25) is 17.7 Å². The molecule has 2 saturated heterocycles. The topological polar surface area (TPSA) is 98.7 Å². The molecule has 3 aliphatic rings. The first kappa shape index (κ1) is 18.0. The van der Waals surface area contributed by atoms with Gasteiger partial charge < -0.3 is 10.4 Å². The molecule has 148 valence electrons. The van der Waals surface area contributed by atoms with E-state index in [1.165, 1.54) is 4.90 Å². The van der Waals surface area contributed by atoms with Gasteiger partial charge >= 0.3 is 0 Å². The summed E-state index contributed by atoms with van der Waals surface area (Å²) >= 11 is 0. The Morgan fingerprint density at radius 2 is 1.72 bits per heavy atom. The van der Waals surface area contributed by atoms with Gasteiger partial charge in [-0.25, -0.2) is 4.90 Å². The number of aliphatic hydroxyl groups excluding tert-OH is 1. The van der Waals surface area contributed by atoms with Gasteiger partial charge in [0.15, 0.2) is 0 Å². The number of aryl methyl sites for hydroxylation is 1. The maximum atomic E-state index is 13.6. The van der Waals surface area contributed by atoms with Gasteiger partial charge in [-0.2, -0.15) is 0 Å². The van der Waals surface area contributed by atoms with E-state index in [2.05, 4.69) is 10.6 Å². The minimum atomic E-state index is -1.38. The molecule has 5 rings (SSSR count). The first-order chi connectivity index (χ1) is 13.9. The van der Waals surface area contributed by atoms with Crippen LogP contribution >= 0.6 is 0 Å². The first-order valence-electron chi connectivity index (χ1n) is 9.67. The largest absolute Gasteiger partial charge is 0.392 e. The summed E-state index contributed by atoms with van der Waals surface area (Å²) in [6, 6.07) is 13.6. The van der Waals surface area contributed by atoms with Crippen molar-refractivity contribution < 1.29 is 19.5 Å². The summed E-state index contributed by atoms with van der Waals surface area (Å²) in [5, 5.41) is 16.4. The molecule has 3 amide bonds. The molecule has 3 N–H and O–H groups in total. The molecule has 0 aliphatic carbocycles. The zero-order chi connectivity index (χ0) is 20.5. The maximum Gasteiger partial charge on any atom is 0.250 e. The second-order valence-corrected chi connectivity index (χ2v) is 8.07.